The first kappa shape index (κ1) is 30.0. The number of halogens is 1. The van der Waals surface area contributed by atoms with E-state index in [0.29, 0.717) is 17.8 Å². The molecule has 10 heteroatoms. The number of nitrogens with zero attached hydrogens (tertiary/aromatic N) is 2. The van der Waals surface area contributed by atoms with Crippen molar-refractivity contribution in [3.05, 3.63) is 126 Å². The van der Waals surface area contributed by atoms with E-state index in [2.05, 4.69) is 20.6 Å². The lowest BCUT2D eigenvalue weighted by Crippen LogP contribution is -2.52. The van der Waals surface area contributed by atoms with Crippen molar-refractivity contribution in [1.82, 2.24) is 25.5 Å². The summed E-state index contributed by atoms with van der Waals surface area (Å²) in [4.78, 5) is 48.0. The van der Waals surface area contributed by atoms with E-state index in [1.54, 1.807) is 18.3 Å². The van der Waals surface area contributed by atoms with E-state index in [-0.39, 0.29) is 37.9 Å². The monoisotopic (exact) mass is 571 g/mol. The molecule has 0 aliphatic heterocycles. The molecule has 218 valence electrons. The number of nitrogens with one attached hydrogen (secondary N) is 3. The molecule has 3 amide bonds. The van der Waals surface area contributed by atoms with Crippen molar-refractivity contribution < 1.29 is 23.5 Å². The van der Waals surface area contributed by atoms with Gasteiger partial charge in [-0.1, -0.05) is 79.7 Å². The van der Waals surface area contributed by atoms with E-state index in [9.17, 15) is 18.8 Å². The summed E-state index contributed by atoms with van der Waals surface area (Å²) in [5.41, 5.74) is 3.11. The topological polar surface area (TPSA) is 116 Å². The van der Waals surface area contributed by atoms with E-state index < -0.39 is 23.9 Å². The highest BCUT2D eigenvalue weighted by Crippen LogP contribution is 2.14. The molecule has 1 aromatic heterocycles. The van der Waals surface area contributed by atoms with Gasteiger partial charge in [0.25, 0.3) is 0 Å². The van der Waals surface area contributed by atoms with Gasteiger partial charge in [-0.25, -0.2) is 14.2 Å². The molecule has 4 rings (SSSR count). The van der Waals surface area contributed by atoms with Gasteiger partial charge in [-0.2, -0.15) is 0 Å². The van der Waals surface area contributed by atoms with Crippen molar-refractivity contribution in [3.8, 4) is 0 Å². The van der Waals surface area contributed by atoms with E-state index >= 15 is 0 Å². The zero-order chi connectivity index (χ0) is 29.7. The molecular weight excluding hydrogens is 537 g/mol. The third-order valence-corrected chi connectivity index (χ3v) is 6.69. The lowest BCUT2D eigenvalue weighted by Gasteiger charge is -2.27. The molecule has 0 spiro atoms. The summed E-state index contributed by atoms with van der Waals surface area (Å²) in [6.07, 6.45) is 2.34. The molecular formula is C32H34FN5O4. The Morgan fingerprint density at radius 3 is 2.31 bits per heavy atom. The summed E-state index contributed by atoms with van der Waals surface area (Å²) >= 11 is 0. The Morgan fingerprint density at radius 1 is 0.952 bits per heavy atom. The van der Waals surface area contributed by atoms with Crippen LogP contribution >= 0.6 is 0 Å². The number of hydrogen-bond acceptors (Lipinski definition) is 5. The summed E-state index contributed by atoms with van der Waals surface area (Å²) in [5, 5.41) is 5.56. The van der Waals surface area contributed by atoms with Gasteiger partial charge in [0.2, 0.25) is 11.8 Å². The molecule has 0 aliphatic carbocycles. The molecule has 3 aromatic carbocycles. The summed E-state index contributed by atoms with van der Waals surface area (Å²) in [6, 6.07) is 23.6. The molecule has 0 saturated heterocycles. The number of rotatable bonds is 13. The minimum Gasteiger partial charge on any atom is -0.445 e. The van der Waals surface area contributed by atoms with Crippen LogP contribution in [0.3, 0.4) is 0 Å². The molecule has 0 aliphatic rings. The number of alkyl carbamates (subject to hydrolysis) is 1. The van der Waals surface area contributed by atoms with E-state index in [4.69, 9.17) is 4.74 Å². The second-order valence-corrected chi connectivity index (χ2v) is 9.98. The Morgan fingerprint density at radius 2 is 1.64 bits per heavy atom. The molecule has 9 nitrogen and oxygen atoms in total. The molecule has 0 bridgehead atoms. The number of hydrogen-bond donors (Lipinski definition) is 3. The van der Waals surface area contributed by atoms with E-state index in [1.807, 2.05) is 67.6 Å². The second-order valence-electron chi connectivity index (χ2n) is 9.98. The average molecular weight is 572 g/mol. The Hall–Kier alpha value is -4.99. The third kappa shape index (κ3) is 9.29. The number of imidazole rings is 1. The number of carbonyl (C=O) groups is 3. The zero-order valence-corrected chi connectivity index (χ0v) is 23.3. The van der Waals surface area contributed by atoms with Crippen molar-refractivity contribution in [2.75, 3.05) is 13.1 Å². The predicted octanol–water partition coefficient (Wildman–Crippen LogP) is 4.34. The lowest BCUT2D eigenvalue weighted by atomic mass is 10.0. The summed E-state index contributed by atoms with van der Waals surface area (Å²) in [5.74, 6) is -1.22. The van der Waals surface area contributed by atoms with Crippen LogP contribution < -0.4 is 10.6 Å². The minimum absolute atomic E-state index is 0.0267. The highest BCUT2D eigenvalue weighted by molar-refractivity contribution is 5.89. The van der Waals surface area contributed by atoms with Gasteiger partial charge in [0.15, 0.2) is 0 Å². The first-order valence-corrected chi connectivity index (χ1v) is 13.7. The number of aromatic nitrogens is 2. The second kappa shape index (κ2) is 15.1. The Labute approximate surface area is 244 Å². The van der Waals surface area contributed by atoms with Crippen LogP contribution in [-0.2, 0) is 33.9 Å². The van der Waals surface area contributed by atoms with Gasteiger partial charge in [-0.15, -0.1) is 0 Å². The van der Waals surface area contributed by atoms with Crippen LogP contribution in [0.4, 0.5) is 9.18 Å². The maximum Gasteiger partial charge on any atom is 0.408 e. The third-order valence-electron chi connectivity index (χ3n) is 6.69. The molecule has 4 aromatic rings. The fraction of sp³-hybridized carbons (Fsp3) is 0.250. The molecule has 0 radical (unpaired) electrons. The number of amides is 3. The standard InChI is InChI=1S/C32H34FN5O4/c1-23(26-10-6-3-7-11-26)17-35-30(39)20-38(19-24-12-14-27(33)15-13-24)31(40)29(16-28-18-34-22-36-28)37-32(41)42-21-25-8-4-2-5-9-25/h2-15,18,22-23,29H,16-17,19-21H2,1H3,(H,34,36)(H,35,39)(H,37,41)/t23-,29+/m1/s1. The van der Waals surface area contributed by atoms with Crippen molar-refractivity contribution in [2.45, 2.75) is 38.5 Å². The van der Waals surface area contributed by atoms with Gasteiger partial charge in [-0.05, 0) is 34.7 Å². The molecule has 3 N–H and O–H groups in total. The molecule has 0 unspecified atom stereocenters. The zero-order valence-electron chi connectivity index (χ0n) is 23.3. The van der Waals surface area contributed by atoms with Crippen molar-refractivity contribution >= 4 is 17.9 Å². The summed E-state index contributed by atoms with van der Waals surface area (Å²) < 4.78 is 18.9. The molecule has 0 fully saturated rings. The van der Waals surface area contributed by atoms with E-state index in [0.717, 1.165) is 11.1 Å². The number of H-pyrrole nitrogens is 1. The van der Waals surface area contributed by atoms with Crippen LogP contribution in [0.2, 0.25) is 0 Å². The highest BCUT2D eigenvalue weighted by atomic mass is 19.1. The minimum atomic E-state index is -1.06. The van der Waals surface area contributed by atoms with Gasteiger partial charge in [-0.3, -0.25) is 9.59 Å². The van der Waals surface area contributed by atoms with Gasteiger partial charge < -0.3 is 25.3 Å². The molecule has 42 heavy (non-hydrogen) atoms. The maximum atomic E-state index is 13.9. The van der Waals surface area contributed by atoms with Gasteiger partial charge in [0.05, 0.1) is 12.9 Å². The summed E-state index contributed by atoms with van der Waals surface area (Å²) in [7, 11) is 0. The number of carbonyl (C=O) groups excluding carboxylic acids is 3. The summed E-state index contributed by atoms with van der Waals surface area (Å²) in [6.45, 7) is 2.17. The number of benzene rings is 3. The SMILES string of the molecule is C[C@H](CNC(=O)CN(Cc1ccc(F)cc1)C(=O)[C@H](Cc1cnc[nH]1)NC(=O)OCc1ccccc1)c1ccccc1. The van der Waals surface area contributed by atoms with Crippen molar-refractivity contribution in [1.29, 1.82) is 0 Å². The maximum absolute atomic E-state index is 13.9. The Kier molecular flexibility index (Phi) is 10.8. The first-order valence-electron chi connectivity index (χ1n) is 13.7. The Balaban J connectivity index is 1.48. The normalized spacial score (nSPS) is 12.1. The van der Waals surface area contributed by atoms with Crippen LogP contribution in [0.1, 0.15) is 35.2 Å². The van der Waals surface area contributed by atoms with Crippen molar-refractivity contribution in [3.63, 3.8) is 0 Å². The molecule has 0 saturated carbocycles. The predicted molar refractivity (Wildman–Crippen MR) is 156 cm³/mol. The quantitative estimate of drug-likeness (QED) is 0.221. The largest absolute Gasteiger partial charge is 0.445 e. The van der Waals surface area contributed by atoms with Gasteiger partial charge in [0, 0.05) is 31.4 Å². The van der Waals surface area contributed by atoms with Crippen LogP contribution in [0.25, 0.3) is 0 Å². The van der Waals surface area contributed by atoms with Gasteiger partial charge >= 0.3 is 6.09 Å². The highest BCUT2D eigenvalue weighted by Gasteiger charge is 2.29. The fourth-order valence-electron chi connectivity index (χ4n) is 4.36. The number of ether oxygens (including phenoxy) is 1. The molecule has 1 heterocycles. The lowest BCUT2D eigenvalue weighted by molar-refractivity contribution is -0.138. The average Bonchev–Trinajstić information content (AvgIpc) is 3.53. The van der Waals surface area contributed by atoms with Crippen molar-refractivity contribution in [2.24, 2.45) is 0 Å². The van der Waals surface area contributed by atoms with Gasteiger partial charge in [0.1, 0.15) is 18.5 Å². The Bertz CT molecular complexity index is 1420. The number of aromatic amines is 1. The van der Waals surface area contributed by atoms with E-state index in [1.165, 1.54) is 23.4 Å². The van der Waals surface area contributed by atoms with Crippen LogP contribution in [0.15, 0.2) is 97.5 Å². The van der Waals surface area contributed by atoms with Crippen LogP contribution in [0.5, 0.6) is 0 Å². The van der Waals surface area contributed by atoms with Crippen LogP contribution in [-0.4, -0.2) is 51.9 Å². The first-order chi connectivity index (χ1) is 20.4. The smallest absolute Gasteiger partial charge is 0.408 e. The van der Waals surface area contributed by atoms with Crippen LogP contribution in [0, 0.1) is 5.82 Å². The molecule has 2 atom stereocenters. The fourth-order valence-corrected chi connectivity index (χ4v) is 4.36.